The van der Waals surface area contributed by atoms with Crippen molar-refractivity contribution in [3.05, 3.63) is 64.4 Å². The smallest absolute Gasteiger partial charge is 0.251 e. The molecule has 5 nitrogen and oxygen atoms in total. The van der Waals surface area contributed by atoms with Crippen LogP contribution in [0.2, 0.25) is 0 Å². The second-order valence-electron chi connectivity index (χ2n) is 5.68. The van der Waals surface area contributed by atoms with Crippen molar-refractivity contribution in [2.24, 2.45) is 0 Å². The van der Waals surface area contributed by atoms with E-state index in [1.54, 1.807) is 13.2 Å². The minimum atomic E-state index is -0.0825. The van der Waals surface area contributed by atoms with Crippen molar-refractivity contribution < 1.29 is 9.53 Å². The molecule has 6 heteroatoms. The molecular weight excluding hydrogens is 382 g/mol. The predicted molar refractivity (Wildman–Crippen MR) is 102 cm³/mol. The summed E-state index contributed by atoms with van der Waals surface area (Å²) in [4.78, 5) is 16.9. The first-order valence-electron chi connectivity index (χ1n) is 8.16. The Morgan fingerprint density at radius 1 is 1.24 bits per heavy atom. The number of benzene rings is 2. The highest BCUT2D eigenvalue weighted by molar-refractivity contribution is 9.10. The number of nitrogens with one attached hydrogen (secondary N) is 1. The van der Waals surface area contributed by atoms with Gasteiger partial charge >= 0.3 is 0 Å². The minimum Gasteiger partial charge on any atom is -0.383 e. The first-order chi connectivity index (χ1) is 12.2. The molecule has 0 atom stereocenters. The van der Waals surface area contributed by atoms with Crippen LogP contribution in [0.3, 0.4) is 0 Å². The highest BCUT2D eigenvalue weighted by Gasteiger charge is 2.11. The topological polar surface area (TPSA) is 56.1 Å². The molecule has 1 aromatic heterocycles. The molecule has 3 aromatic rings. The van der Waals surface area contributed by atoms with Crippen LogP contribution >= 0.6 is 15.9 Å². The van der Waals surface area contributed by atoms with Crippen molar-refractivity contribution in [3.63, 3.8) is 0 Å². The fraction of sp³-hybridized carbons (Fsp3) is 0.263. The number of fused-ring (bicyclic) bond motifs is 1. The molecule has 0 saturated heterocycles. The lowest BCUT2D eigenvalue weighted by Gasteiger charge is -2.09. The van der Waals surface area contributed by atoms with Gasteiger partial charge in [-0.25, -0.2) is 4.98 Å². The largest absolute Gasteiger partial charge is 0.383 e. The first kappa shape index (κ1) is 17.6. The number of imidazole rings is 1. The molecule has 1 heterocycles. The monoisotopic (exact) mass is 401 g/mol. The number of ether oxygens (including phenoxy) is 1. The molecule has 0 fully saturated rings. The Morgan fingerprint density at radius 2 is 2.08 bits per heavy atom. The van der Waals surface area contributed by atoms with Crippen LogP contribution in [0.25, 0.3) is 11.0 Å². The van der Waals surface area contributed by atoms with Crippen molar-refractivity contribution >= 4 is 32.9 Å². The number of amides is 1. The lowest BCUT2D eigenvalue weighted by atomic mass is 10.2. The van der Waals surface area contributed by atoms with Gasteiger partial charge in [-0.1, -0.05) is 34.1 Å². The number of halogens is 1. The summed E-state index contributed by atoms with van der Waals surface area (Å²) in [5, 5.41) is 2.96. The Labute approximate surface area is 155 Å². The normalized spacial score (nSPS) is 11.0. The Kier molecular flexibility index (Phi) is 5.83. The van der Waals surface area contributed by atoms with Crippen LogP contribution in [-0.4, -0.2) is 35.7 Å². The zero-order chi connectivity index (χ0) is 17.6. The summed E-state index contributed by atoms with van der Waals surface area (Å²) >= 11 is 3.38. The van der Waals surface area contributed by atoms with Crippen molar-refractivity contribution in [2.75, 3.05) is 20.3 Å². The number of hydrogen-bond acceptors (Lipinski definition) is 3. The van der Waals surface area contributed by atoms with Crippen molar-refractivity contribution in [3.8, 4) is 0 Å². The van der Waals surface area contributed by atoms with Gasteiger partial charge in [-0.2, -0.15) is 0 Å². The van der Waals surface area contributed by atoms with E-state index in [9.17, 15) is 4.79 Å². The number of para-hydroxylation sites is 2. The molecule has 1 amide bonds. The van der Waals surface area contributed by atoms with Gasteiger partial charge in [0.2, 0.25) is 0 Å². The standard InChI is InChI=1S/C19H20BrN3O2/c1-25-12-11-23-17-8-3-2-7-16(17)22-18(23)9-10-21-19(24)14-5-4-6-15(20)13-14/h2-8,13H,9-12H2,1H3,(H,21,24). The van der Waals surface area contributed by atoms with Crippen LogP contribution in [0.15, 0.2) is 53.0 Å². The average Bonchev–Trinajstić information content (AvgIpc) is 2.97. The SMILES string of the molecule is COCCn1c(CCNC(=O)c2cccc(Br)c2)nc2ccccc21. The van der Waals surface area contributed by atoms with E-state index < -0.39 is 0 Å². The van der Waals surface area contributed by atoms with Gasteiger partial charge in [0.25, 0.3) is 5.91 Å². The first-order valence-corrected chi connectivity index (χ1v) is 8.95. The van der Waals surface area contributed by atoms with E-state index in [1.165, 1.54) is 0 Å². The third-order valence-electron chi connectivity index (χ3n) is 3.97. The van der Waals surface area contributed by atoms with Crippen LogP contribution < -0.4 is 5.32 Å². The summed E-state index contributed by atoms with van der Waals surface area (Å²) in [7, 11) is 1.69. The molecule has 130 valence electrons. The van der Waals surface area contributed by atoms with E-state index in [1.807, 2.05) is 36.4 Å². The molecular formula is C19H20BrN3O2. The number of carbonyl (C=O) groups excluding carboxylic acids is 1. The summed E-state index contributed by atoms with van der Waals surface area (Å²) in [6, 6.07) is 15.4. The summed E-state index contributed by atoms with van der Waals surface area (Å²) in [6.07, 6.45) is 0.665. The average molecular weight is 402 g/mol. The van der Waals surface area contributed by atoms with Crippen molar-refractivity contribution in [1.29, 1.82) is 0 Å². The lowest BCUT2D eigenvalue weighted by Crippen LogP contribution is -2.26. The number of rotatable bonds is 7. The van der Waals surface area contributed by atoms with E-state index in [2.05, 4.69) is 31.9 Å². The Balaban J connectivity index is 1.69. The molecule has 0 aliphatic rings. The van der Waals surface area contributed by atoms with Crippen molar-refractivity contribution in [2.45, 2.75) is 13.0 Å². The molecule has 2 aromatic carbocycles. The molecule has 1 N–H and O–H groups in total. The van der Waals surface area contributed by atoms with E-state index in [0.717, 1.165) is 27.9 Å². The number of aromatic nitrogens is 2. The van der Waals surface area contributed by atoms with E-state index in [0.29, 0.717) is 25.1 Å². The number of nitrogens with zero attached hydrogens (tertiary/aromatic N) is 2. The highest BCUT2D eigenvalue weighted by Crippen LogP contribution is 2.16. The summed E-state index contributed by atoms with van der Waals surface area (Å²) in [5.41, 5.74) is 2.70. The van der Waals surface area contributed by atoms with Crippen molar-refractivity contribution in [1.82, 2.24) is 14.9 Å². The van der Waals surface area contributed by atoms with Crippen LogP contribution in [0.1, 0.15) is 16.2 Å². The van der Waals surface area contributed by atoms with Crippen LogP contribution in [0.4, 0.5) is 0 Å². The zero-order valence-electron chi connectivity index (χ0n) is 14.0. The second-order valence-corrected chi connectivity index (χ2v) is 6.59. The second kappa shape index (κ2) is 8.27. The highest BCUT2D eigenvalue weighted by atomic mass is 79.9. The zero-order valence-corrected chi connectivity index (χ0v) is 15.6. The molecule has 0 aliphatic carbocycles. The summed E-state index contributed by atoms with van der Waals surface area (Å²) in [6.45, 7) is 1.89. The van der Waals surface area contributed by atoms with Gasteiger partial charge in [0, 0.05) is 36.7 Å². The van der Waals surface area contributed by atoms with Gasteiger partial charge in [0.1, 0.15) is 5.82 Å². The van der Waals surface area contributed by atoms with E-state index in [-0.39, 0.29) is 5.91 Å². The third kappa shape index (κ3) is 4.27. The van der Waals surface area contributed by atoms with Gasteiger partial charge in [-0.05, 0) is 30.3 Å². The Morgan fingerprint density at radius 3 is 2.88 bits per heavy atom. The minimum absolute atomic E-state index is 0.0825. The number of methoxy groups -OCH3 is 1. The number of hydrogen-bond donors (Lipinski definition) is 1. The van der Waals surface area contributed by atoms with E-state index in [4.69, 9.17) is 9.72 Å². The maximum Gasteiger partial charge on any atom is 0.251 e. The molecule has 0 bridgehead atoms. The molecule has 0 saturated carbocycles. The van der Waals surface area contributed by atoms with Crippen LogP contribution in [0.5, 0.6) is 0 Å². The fourth-order valence-electron chi connectivity index (χ4n) is 2.77. The molecule has 0 unspecified atom stereocenters. The maximum atomic E-state index is 12.2. The van der Waals surface area contributed by atoms with E-state index >= 15 is 0 Å². The Hall–Kier alpha value is -2.18. The molecule has 3 rings (SSSR count). The molecule has 0 aliphatic heterocycles. The van der Waals surface area contributed by atoms with Gasteiger partial charge < -0.3 is 14.6 Å². The lowest BCUT2D eigenvalue weighted by molar-refractivity contribution is 0.0953. The quantitative estimate of drug-likeness (QED) is 0.659. The predicted octanol–water partition coefficient (Wildman–Crippen LogP) is 3.42. The molecule has 0 radical (unpaired) electrons. The van der Waals surface area contributed by atoms with Crippen LogP contribution in [0, 0.1) is 0 Å². The van der Waals surface area contributed by atoms with Crippen LogP contribution in [-0.2, 0) is 17.7 Å². The van der Waals surface area contributed by atoms with Gasteiger partial charge in [0.15, 0.2) is 0 Å². The van der Waals surface area contributed by atoms with Gasteiger partial charge in [-0.15, -0.1) is 0 Å². The maximum absolute atomic E-state index is 12.2. The molecule has 0 spiro atoms. The molecule has 25 heavy (non-hydrogen) atoms. The van der Waals surface area contributed by atoms with Gasteiger partial charge in [-0.3, -0.25) is 4.79 Å². The number of carbonyl (C=O) groups is 1. The van der Waals surface area contributed by atoms with Gasteiger partial charge in [0.05, 0.1) is 17.6 Å². The Bertz CT molecular complexity index is 876. The summed E-state index contributed by atoms with van der Waals surface area (Å²) in [5.74, 6) is 0.869. The fourth-order valence-corrected chi connectivity index (χ4v) is 3.17. The third-order valence-corrected chi connectivity index (χ3v) is 4.47. The summed E-state index contributed by atoms with van der Waals surface area (Å²) < 4.78 is 8.26.